The third kappa shape index (κ3) is 3.34. The van der Waals surface area contributed by atoms with E-state index in [0.717, 1.165) is 32.5 Å². The van der Waals surface area contributed by atoms with Crippen LogP contribution in [0.2, 0.25) is 0 Å². The molecule has 0 aromatic heterocycles. The molecule has 0 radical (unpaired) electrons. The van der Waals surface area contributed by atoms with Crippen molar-refractivity contribution in [1.29, 1.82) is 0 Å². The summed E-state index contributed by atoms with van der Waals surface area (Å²) in [7, 11) is 0. The van der Waals surface area contributed by atoms with Crippen LogP contribution in [-0.4, -0.2) is 25.4 Å². The van der Waals surface area contributed by atoms with Gasteiger partial charge in [0.1, 0.15) is 0 Å². The molecule has 0 bridgehead atoms. The van der Waals surface area contributed by atoms with Crippen molar-refractivity contribution in [3.63, 3.8) is 0 Å². The van der Waals surface area contributed by atoms with Crippen molar-refractivity contribution in [3.8, 4) is 0 Å². The Labute approximate surface area is 125 Å². The van der Waals surface area contributed by atoms with Gasteiger partial charge in [0.05, 0.1) is 25.4 Å². The summed E-state index contributed by atoms with van der Waals surface area (Å²) in [6.45, 7) is 1.84. The zero-order valence-corrected chi connectivity index (χ0v) is 12.1. The molecule has 2 heteroatoms. The second-order valence-electron chi connectivity index (χ2n) is 6.03. The van der Waals surface area contributed by atoms with Crippen LogP contribution in [0.4, 0.5) is 0 Å². The van der Waals surface area contributed by atoms with Gasteiger partial charge in [-0.25, -0.2) is 0 Å². The minimum Gasteiger partial charge on any atom is -0.373 e. The number of rotatable bonds is 6. The molecule has 2 fully saturated rings. The van der Waals surface area contributed by atoms with Crippen molar-refractivity contribution >= 4 is 0 Å². The highest BCUT2D eigenvalue weighted by Gasteiger charge is 2.25. The fourth-order valence-corrected chi connectivity index (χ4v) is 2.93. The highest BCUT2D eigenvalue weighted by molar-refractivity contribution is 5.37. The molecule has 2 saturated heterocycles. The van der Waals surface area contributed by atoms with Gasteiger partial charge in [0.2, 0.25) is 0 Å². The Bertz CT molecular complexity index is 571. The second-order valence-corrected chi connectivity index (χ2v) is 6.03. The van der Waals surface area contributed by atoms with E-state index in [1.807, 2.05) is 0 Å². The molecule has 2 nitrogen and oxygen atoms in total. The molecule has 21 heavy (non-hydrogen) atoms. The zero-order chi connectivity index (χ0) is 14.1. The van der Waals surface area contributed by atoms with Gasteiger partial charge in [0.25, 0.3) is 0 Å². The van der Waals surface area contributed by atoms with Crippen molar-refractivity contribution in [2.24, 2.45) is 0 Å². The third-order valence-electron chi connectivity index (χ3n) is 4.32. The molecule has 4 rings (SSSR count). The van der Waals surface area contributed by atoms with E-state index in [1.54, 1.807) is 0 Å². The largest absolute Gasteiger partial charge is 0.373 e. The quantitative estimate of drug-likeness (QED) is 0.759. The average Bonchev–Trinajstić information content (AvgIpc) is 3.39. The first kappa shape index (κ1) is 13.1. The normalized spacial score (nSPS) is 23.0. The van der Waals surface area contributed by atoms with E-state index in [1.165, 1.54) is 22.3 Å². The first-order valence-corrected chi connectivity index (χ1v) is 7.75. The number of epoxide rings is 2. The number of hydrogen-bond acceptors (Lipinski definition) is 2. The van der Waals surface area contributed by atoms with Crippen molar-refractivity contribution in [2.75, 3.05) is 13.2 Å². The van der Waals surface area contributed by atoms with Crippen LogP contribution in [0.5, 0.6) is 0 Å². The molecule has 0 amide bonds. The monoisotopic (exact) mass is 280 g/mol. The Hall–Kier alpha value is -1.64. The maximum atomic E-state index is 5.39. The average molecular weight is 280 g/mol. The summed E-state index contributed by atoms with van der Waals surface area (Å²) in [5, 5.41) is 0. The van der Waals surface area contributed by atoms with E-state index in [9.17, 15) is 0 Å². The maximum Gasteiger partial charge on any atom is 0.0850 e. The molecule has 2 aliphatic heterocycles. The van der Waals surface area contributed by atoms with Crippen LogP contribution in [0.25, 0.3) is 0 Å². The lowest BCUT2D eigenvalue weighted by Crippen LogP contribution is -2.03. The van der Waals surface area contributed by atoms with Gasteiger partial charge < -0.3 is 9.47 Å². The van der Waals surface area contributed by atoms with E-state index in [2.05, 4.69) is 48.5 Å². The van der Waals surface area contributed by atoms with Crippen molar-refractivity contribution in [3.05, 3.63) is 70.8 Å². The molecular weight excluding hydrogens is 260 g/mol. The maximum absolute atomic E-state index is 5.39. The smallest absolute Gasteiger partial charge is 0.0850 e. The van der Waals surface area contributed by atoms with Gasteiger partial charge in [-0.05, 0) is 28.7 Å². The third-order valence-corrected chi connectivity index (χ3v) is 4.32. The van der Waals surface area contributed by atoms with E-state index in [-0.39, 0.29) is 0 Å². The van der Waals surface area contributed by atoms with Crippen molar-refractivity contribution < 1.29 is 9.47 Å². The van der Waals surface area contributed by atoms with Gasteiger partial charge in [-0.1, -0.05) is 48.5 Å². The molecule has 0 spiro atoms. The summed E-state index contributed by atoms with van der Waals surface area (Å²) < 4.78 is 10.8. The molecule has 108 valence electrons. The molecule has 0 saturated carbocycles. The van der Waals surface area contributed by atoms with Crippen LogP contribution >= 0.6 is 0 Å². The summed E-state index contributed by atoms with van der Waals surface area (Å²) in [5.74, 6) is 0. The number of benzene rings is 2. The molecule has 0 aliphatic carbocycles. The SMILES string of the molecule is c1ccc(CC2CO2)c(Cc2ccccc2CC2CO2)c1. The number of ether oxygens (including phenoxy) is 2. The van der Waals surface area contributed by atoms with E-state index < -0.39 is 0 Å². The predicted octanol–water partition coefficient (Wildman–Crippen LogP) is 3.16. The van der Waals surface area contributed by atoms with Crippen LogP contribution in [-0.2, 0) is 28.7 Å². The zero-order valence-electron chi connectivity index (χ0n) is 12.1. The summed E-state index contributed by atoms with van der Waals surface area (Å²) in [5.41, 5.74) is 5.71. The topological polar surface area (TPSA) is 25.1 Å². The fraction of sp³-hybridized carbons (Fsp3) is 0.368. The summed E-state index contributed by atoms with van der Waals surface area (Å²) in [6, 6.07) is 17.5. The first-order chi connectivity index (χ1) is 10.4. The lowest BCUT2D eigenvalue weighted by molar-refractivity contribution is 0.407. The van der Waals surface area contributed by atoms with Crippen molar-refractivity contribution in [2.45, 2.75) is 31.5 Å². The molecule has 0 N–H and O–H groups in total. The number of hydrogen-bond donors (Lipinski definition) is 0. The van der Waals surface area contributed by atoms with Crippen LogP contribution in [0.15, 0.2) is 48.5 Å². The first-order valence-electron chi connectivity index (χ1n) is 7.75. The van der Waals surface area contributed by atoms with Gasteiger partial charge in [-0.2, -0.15) is 0 Å². The van der Waals surface area contributed by atoms with Crippen LogP contribution in [0.3, 0.4) is 0 Å². The highest BCUT2D eigenvalue weighted by atomic mass is 16.6. The molecule has 2 aliphatic rings. The Morgan fingerprint density at radius 3 is 1.43 bits per heavy atom. The predicted molar refractivity (Wildman–Crippen MR) is 82.6 cm³/mol. The lowest BCUT2D eigenvalue weighted by atomic mass is 9.93. The Morgan fingerprint density at radius 2 is 1.05 bits per heavy atom. The molecule has 2 atom stereocenters. The second kappa shape index (κ2) is 5.63. The molecule has 2 aromatic carbocycles. The Kier molecular flexibility index (Phi) is 3.50. The summed E-state index contributed by atoms with van der Waals surface area (Å²) in [4.78, 5) is 0. The van der Waals surface area contributed by atoms with Gasteiger partial charge in [0, 0.05) is 12.8 Å². The standard InChI is InChI=1S/C19H20O2/c1-3-7-16(10-18-12-20-18)14(5-1)9-15-6-2-4-8-17(15)11-19-13-21-19/h1-8,18-19H,9-13H2. The minimum absolute atomic E-state index is 0.446. The molecule has 2 unspecified atom stereocenters. The van der Waals surface area contributed by atoms with Crippen LogP contribution in [0, 0.1) is 0 Å². The molecule has 2 aromatic rings. The van der Waals surface area contributed by atoms with Crippen molar-refractivity contribution in [1.82, 2.24) is 0 Å². The summed E-state index contributed by atoms with van der Waals surface area (Å²) in [6.07, 6.45) is 3.99. The van der Waals surface area contributed by atoms with Crippen LogP contribution in [0.1, 0.15) is 22.3 Å². The van der Waals surface area contributed by atoms with Crippen LogP contribution < -0.4 is 0 Å². The van der Waals surface area contributed by atoms with E-state index in [0.29, 0.717) is 12.2 Å². The minimum atomic E-state index is 0.446. The van der Waals surface area contributed by atoms with E-state index >= 15 is 0 Å². The van der Waals surface area contributed by atoms with E-state index in [4.69, 9.17) is 9.47 Å². The van der Waals surface area contributed by atoms with Gasteiger partial charge in [0.15, 0.2) is 0 Å². The highest BCUT2D eigenvalue weighted by Crippen LogP contribution is 2.24. The van der Waals surface area contributed by atoms with Gasteiger partial charge in [-0.3, -0.25) is 0 Å². The summed E-state index contributed by atoms with van der Waals surface area (Å²) >= 11 is 0. The fourth-order valence-electron chi connectivity index (χ4n) is 2.93. The van der Waals surface area contributed by atoms with Gasteiger partial charge in [-0.15, -0.1) is 0 Å². The Balaban J connectivity index is 1.57. The van der Waals surface area contributed by atoms with Gasteiger partial charge >= 0.3 is 0 Å². The molecular formula is C19H20O2. The molecule has 2 heterocycles. The lowest BCUT2D eigenvalue weighted by Gasteiger charge is -2.12. The Morgan fingerprint density at radius 1 is 0.667 bits per heavy atom.